The van der Waals surface area contributed by atoms with Crippen molar-refractivity contribution in [2.75, 3.05) is 7.11 Å². The topological polar surface area (TPSA) is 42.8 Å². The van der Waals surface area contributed by atoms with Gasteiger partial charge in [0, 0.05) is 18.3 Å². The van der Waals surface area contributed by atoms with Crippen LogP contribution in [0.25, 0.3) is 5.57 Å². The number of aliphatic imine (C=N–C) groups is 1. The molecule has 0 radical (unpaired) electrons. The lowest BCUT2D eigenvalue weighted by atomic mass is 9.90. The third-order valence-corrected chi connectivity index (χ3v) is 4.86. The van der Waals surface area contributed by atoms with Crippen molar-refractivity contribution in [1.82, 2.24) is 5.32 Å². The first-order chi connectivity index (χ1) is 11.3. The molecule has 1 atom stereocenters. The van der Waals surface area contributed by atoms with Crippen molar-refractivity contribution in [3.8, 4) is 11.5 Å². The van der Waals surface area contributed by atoms with Crippen LogP contribution in [-0.4, -0.2) is 19.0 Å². The summed E-state index contributed by atoms with van der Waals surface area (Å²) in [5, 5.41) is 3.29. The van der Waals surface area contributed by atoms with Crippen LogP contribution in [0.5, 0.6) is 11.5 Å². The van der Waals surface area contributed by atoms with Crippen LogP contribution < -0.4 is 14.8 Å². The Morgan fingerprint density at radius 2 is 2.04 bits per heavy atom. The van der Waals surface area contributed by atoms with Gasteiger partial charge in [0.2, 0.25) is 0 Å². The molecule has 1 aliphatic carbocycles. The normalized spacial score (nSPS) is 23.1. The average Bonchev–Trinajstić information content (AvgIpc) is 3.24. The number of hydrogen-bond acceptors (Lipinski definition) is 4. The fourth-order valence-corrected chi connectivity index (χ4v) is 3.61. The maximum absolute atomic E-state index is 6.22. The Balaban J connectivity index is 1.62. The van der Waals surface area contributed by atoms with E-state index in [9.17, 15) is 0 Å². The number of hydrogen-bond donors (Lipinski definition) is 1. The number of nitrogens with zero attached hydrogens (tertiary/aromatic N) is 1. The molecule has 0 aromatic heterocycles. The summed E-state index contributed by atoms with van der Waals surface area (Å²) in [7, 11) is 1.70. The van der Waals surface area contributed by atoms with Crippen LogP contribution in [-0.2, 0) is 0 Å². The van der Waals surface area contributed by atoms with E-state index < -0.39 is 0 Å². The maximum Gasteiger partial charge on any atom is 0.162 e. The van der Waals surface area contributed by atoms with Crippen LogP contribution in [0.4, 0.5) is 0 Å². The molecule has 4 nitrogen and oxygen atoms in total. The summed E-state index contributed by atoms with van der Waals surface area (Å²) in [5.74, 6) is 3.03. The molecule has 0 spiro atoms. The minimum absolute atomic E-state index is 0.324. The SMILES string of the molecule is COc1ccc(C2=CNC3=NC=CCC23)cc1OC1CCCC1. The Hall–Kier alpha value is -2.23. The molecule has 3 aliphatic rings. The van der Waals surface area contributed by atoms with Gasteiger partial charge in [-0.3, -0.25) is 0 Å². The van der Waals surface area contributed by atoms with Gasteiger partial charge in [-0.15, -0.1) is 0 Å². The fraction of sp³-hybridized carbons (Fsp3) is 0.421. The van der Waals surface area contributed by atoms with E-state index in [0.717, 1.165) is 36.6 Å². The quantitative estimate of drug-likeness (QED) is 0.917. The second-order valence-electron chi connectivity index (χ2n) is 6.32. The number of rotatable bonds is 4. The molecule has 1 unspecified atom stereocenters. The van der Waals surface area contributed by atoms with Crippen LogP contribution in [0.2, 0.25) is 0 Å². The van der Waals surface area contributed by atoms with Gasteiger partial charge in [-0.2, -0.15) is 0 Å². The largest absolute Gasteiger partial charge is 0.493 e. The Labute approximate surface area is 136 Å². The zero-order valence-electron chi connectivity index (χ0n) is 13.4. The van der Waals surface area contributed by atoms with Gasteiger partial charge < -0.3 is 14.8 Å². The predicted octanol–water partition coefficient (Wildman–Crippen LogP) is 3.89. The van der Waals surface area contributed by atoms with Crippen molar-refractivity contribution in [2.24, 2.45) is 10.9 Å². The lowest BCUT2D eigenvalue weighted by molar-refractivity contribution is 0.200. The van der Waals surface area contributed by atoms with E-state index in [1.807, 2.05) is 12.3 Å². The number of amidine groups is 1. The second-order valence-corrected chi connectivity index (χ2v) is 6.32. The molecule has 0 bridgehead atoms. The van der Waals surface area contributed by atoms with Crippen molar-refractivity contribution in [1.29, 1.82) is 0 Å². The molecule has 23 heavy (non-hydrogen) atoms. The van der Waals surface area contributed by atoms with E-state index in [0.29, 0.717) is 12.0 Å². The lowest BCUT2D eigenvalue weighted by Crippen LogP contribution is -2.21. The van der Waals surface area contributed by atoms with Crippen molar-refractivity contribution >= 4 is 11.4 Å². The first-order valence-electron chi connectivity index (χ1n) is 8.39. The highest BCUT2D eigenvalue weighted by atomic mass is 16.5. The molecule has 2 heterocycles. The third-order valence-electron chi connectivity index (χ3n) is 4.86. The molecule has 1 N–H and O–H groups in total. The van der Waals surface area contributed by atoms with Gasteiger partial charge in [0.1, 0.15) is 5.84 Å². The monoisotopic (exact) mass is 310 g/mol. The van der Waals surface area contributed by atoms with E-state index >= 15 is 0 Å². The second kappa shape index (κ2) is 6.11. The van der Waals surface area contributed by atoms with E-state index in [2.05, 4.69) is 34.7 Å². The highest BCUT2D eigenvalue weighted by Crippen LogP contribution is 2.38. The molecule has 1 aromatic carbocycles. The summed E-state index contributed by atoms with van der Waals surface area (Å²) in [6.07, 6.45) is 12.2. The molecule has 4 heteroatoms. The molecule has 0 amide bonds. The molecule has 1 saturated carbocycles. The maximum atomic E-state index is 6.22. The molecule has 4 rings (SSSR count). The van der Waals surface area contributed by atoms with Crippen LogP contribution in [0.15, 0.2) is 41.7 Å². The Morgan fingerprint density at radius 3 is 2.87 bits per heavy atom. The molecular formula is C19H22N2O2. The number of fused-ring (bicyclic) bond motifs is 1. The third kappa shape index (κ3) is 2.74. The zero-order chi connectivity index (χ0) is 15.6. The standard InChI is InChI=1S/C19H22N2O2/c1-22-17-9-8-13(11-18(17)23-14-5-2-3-6-14)16-12-21-19-15(16)7-4-10-20-19/h4,8-12,14-15H,2-3,5-7H2,1H3,(H,20,21). The first-order valence-corrected chi connectivity index (χ1v) is 8.39. The predicted molar refractivity (Wildman–Crippen MR) is 91.7 cm³/mol. The molecule has 120 valence electrons. The average molecular weight is 310 g/mol. The van der Waals surface area contributed by atoms with E-state index in [-0.39, 0.29) is 0 Å². The molecule has 1 aromatic rings. The summed E-state index contributed by atoms with van der Waals surface area (Å²) < 4.78 is 11.7. The molecular weight excluding hydrogens is 288 g/mol. The highest BCUT2D eigenvalue weighted by molar-refractivity contribution is 6.01. The number of benzene rings is 1. The van der Waals surface area contributed by atoms with Crippen molar-refractivity contribution in [3.63, 3.8) is 0 Å². The summed E-state index contributed by atoms with van der Waals surface area (Å²) in [5.41, 5.74) is 2.45. The minimum atomic E-state index is 0.324. The highest BCUT2D eigenvalue weighted by Gasteiger charge is 2.28. The molecule has 2 aliphatic heterocycles. The first kappa shape index (κ1) is 14.4. The molecule has 0 saturated heterocycles. The van der Waals surface area contributed by atoms with Gasteiger partial charge >= 0.3 is 0 Å². The van der Waals surface area contributed by atoms with Crippen LogP contribution in [0, 0.1) is 5.92 Å². The van der Waals surface area contributed by atoms with Crippen molar-refractivity contribution in [3.05, 3.63) is 42.2 Å². The van der Waals surface area contributed by atoms with E-state index in [1.54, 1.807) is 7.11 Å². The lowest BCUT2D eigenvalue weighted by Gasteiger charge is -2.19. The summed E-state index contributed by atoms with van der Waals surface area (Å²) in [4.78, 5) is 4.42. The van der Waals surface area contributed by atoms with E-state index in [1.165, 1.54) is 24.0 Å². The number of ether oxygens (including phenoxy) is 2. The van der Waals surface area contributed by atoms with Crippen LogP contribution in [0.1, 0.15) is 37.7 Å². The van der Waals surface area contributed by atoms with Gasteiger partial charge in [0.15, 0.2) is 11.5 Å². The van der Waals surface area contributed by atoms with Crippen LogP contribution >= 0.6 is 0 Å². The van der Waals surface area contributed by atoms with Gasteiger partial charge in [-0.1, -0.05) is 12.1 Å². The summed E-state index contributed by atoms with van der Waals surface area (Å²) in [6.45, 7) is 0. The van der Waals surface area contributed by atoms with Crippen molar-refractivity contribution < 1.29 is 9.47 Å². The Morgan fingerprint density at radius 1 is 1.17 bits per heavy atom. The number of methoxy groups -OCH3 is 1. The summed E-state index contributed by atoms with van der Waals surface area (Å²) in [6, 6.07) is 6.23. The fourth-order valence-electron chi connectivity index (χ4n) is 3.61. The zero-order valence-corrected chi connectivity index (χ0v) is 13.4. The molecule has 1 fully saturated rings. The van der Waals surface area contributed by atoms with Crippen LogP contribution in [0.3, 0.4) is 0 Å². The van der Waals surface area contributed by atoms with Gasteiger partial charge in [-0.25, -0.2) is 4.99 Å². The Bertz CT molecular complexity index is 685. The Kier molecular flexibility index (Phi) is 3.82. The number of allylic oxidation sites excluding steroid dienone is 1. The van der Waals surface area contributed by atoms with Gasteiger partial charge in [0.05, 0.1) is 13.2 Å². The van der Waals surface area contributed by atoms with E-state index in [4.69, 9.17) is 9.47 Å². The smallest absolute Gasteiger partial charge is 0.162 e. The minimum Gasteiger partial charge on any atom is -0.493 e. The number of nitrogens with one attached hydrogen (secondary N) is 1. The van der Waals surface area contributed by atoms with Gasteiger partial charge in [-0.05, 0) is 55.4 Å². The summed E-state index contributed by atoms with van der Waals surface area (Å²) >= 11 is 0. The van der Waals surface area contributed by atoms with Crippen molar-refractivity contribution in [2.45, 2.75) is 38.2 Å². The van der Waals surface area contributed by atoms with Gasteiger partial charge in [0.25, 0.3) is 0 Å².